The average Bonchev–Trinajstić information content (AvgIpc) is 2.78. The molecule has 0 spiro atoms. The van der Waals surface area contributed by atoms with Crippen molar-refractivity contribution in [3.8, 4) is 0 Å². The fraction of sp³-hybridized carbons (Fsp3) is 0.923. The van der Waals surface area contributed by atoms with Gasteiger partial charge in [-0.25, -0.2) is 0 Å². The zero-order valence-electron chi connectivity index (χ0n) is 10.9. The van der Waals surface area contributed by atoms with Gasteiger partial charge in [0.25, 0.3) is 0 Å². The van der Waals surface area contributed by atoms with Crippen LogP contribution in [0.5, 0.6) is 0 Å². The molecule has 0 radical (unpaired) electrons. The second kappa shape index (κ2) is 6.60. The lowest BCUT2D eigenvalue weighted by atomic mass is 9.96. The van der Waals surface area contributed by atoms with Crippen molar-refractivity contribution in [2.24, 2.45) is 11.8 Å². The van der Waals surface area contributed by atoms with Crippen LogP contribution in [0.15, 0.2) is 0 Å². The van der Waals surface area contributed by atoms with Gasteiger partial charge in [-0.15, -0.1) is 12.4 Å². The first kappa shape index (κ1) is 14.8. The van der Waals surface area contributed by atoms with Crippen LogP contribution in [-0.2, 0) is 4.79 Å². The van der Waals surface area contributed by atoms with E-state index in [0.29, 0.717) is 17.9 Å². The molecule has 2 saturated heterocycles. The van der Waals surface area contributed by atoms with E-state index in [9.17, 15) is 4.79 Å². The van der Waals surface area contributed by atoms with Gasteiger partial charge in [0.2, 0.25) is 5.91 Å². The van der Waals surface area contributed by atoms with Gasteiger partial charge in [-0.1, -0.05) is 13.8 Å². The van der Waals surface area contributed by atoms with E-state index in [2.05, 4.69) is 24.1 Å². The lowest BCUT2D eigenvalue weighted by Gasteiger charge is -2.32. The van der Waals surface area contributed by atoms with Gasteiger partial charge in [-0.05, 0) is 38.1 Å². The van der Waals surface area contributed by atoms with E-state index >= 15 is 0 Å². The number of halogens is 1. The Morgan fingerprint density at radius 3 is 2.65 bits per heavy atom. The lowest BCUT2D eigenvalue weighted by Crippen LogP contribution is -2.46. The Bertz CT molecular complexity index is 252. The SMILES string of the molecule is CC(C)C1CCCN1C(=O)[C@@H]1CCCNC1.Cl. The van der Waals surface area contributed by atoms with E-state index in [1.54, 1.807) is 0 Å². The number of amides is 1. The third kappa shape index (κ3) is 3.35. The molecule has 2 aliphatic heterocycles. The summed E-state index contributed by atoms with van der Waals surface area (Å²) in [6.07, 6.45) is 4.61. The Balaban J connectivity index is 0.00000144. The highest BCUT2D eigenvalue weighted by atomic mass is 35.5. The minimum absolute atomic E-state index is 0. The average molecular weight is 261 g/mol. The summed E-state index contributed by atoms with van der Waals surface area (Å²) in [6.45, 7) is 7.42. The molecule has 1 N–H and O–H groups in total. The number of rotatable bonds is 2. The first-order valence-corrected chi connectivity index (χ1v) is 6.71. The number of hydrogen-bond acceptors (Lipinski definition) is 2. The number of nitrogens with zero attached hydrogens (tertiary/aromatic N) is 1. The van der Waals surface area contributed by atoms with Gasteiger partial charge >= 0.3 is 0 Å². The molecule has 0 bridgehead atoms. The van der Waals surface area contributed by atoms with Crippen LogP contribution in [0.4, 0.5) is 0 Å². The quantitative estimate of drug-likeness (QED) is 0.824. The van der Waals surface area contributed by atoms with Gasteiger partial charge in [-0.2, -0.15) is 0 Å². The fourth-order valence-corrected chi connectivity index (χ4v) is 3.06. The molecule has 0 aromatic carbocycles. The topological polar surface area (TPSA) is 32.3 Å². The number of carbonyl (C=O) groups excluding carboxylic acids is 1. The predicted octanol–water partition coefficient (Wildman–Crippen LogP) is 2.05. The zero-order valence-corrected chi connectivity index (χ0v) is 11.8. The van der Waals surface area contributed by atoms with Crippen LogP contribution in [0, 0.1) is 11.8 Å². The Kier molecular flexibility index (Phi) is 5.74. The monoisotopic (exact) mass is 260 g/mol. The highest BCUT2D eigenvalue weighted by molar-refractivity contribution is 5.85. The van der Waals surface area contributed by atoms with Crippen molar-refractivity contribution in [3.05, 3.63) is 0 Å². The Morgan fingerprint density at radius 2 is 2.06 bits per heavy atom. The Hall–Kier alpha value is -0.280. The van der Waals surface area contributed by atoms with Crippen LogP contribution >= 0.6 is 12.4 Å². The lowest BCUT2D eigenvalue weighted by molar-refractivity contribution is -0.137. The second-order valence-electron chi connectivity index (χ2n) is 5.53. The van der Waals surface area contributed by atoms with Crippen LogP contribution in [0.2, 0.25) is 0 Å². The van der Waals surface area contributed by atoms with Crippen LogP contribution in [0.25, 0.3) is 0 Å². The van der Waals surface area contributed by atoms with Gasteiger partial charge < -0.3 is 10.2 Å². The third-order valence-corrected chi connectivity index (χ3v) is 4.00. The van der Waals surface area contributed by atoms with Crippen molar-refractivity contribution >= 4 is 18.3 Å². The Labute approximate surface area is 111 Å². The van der Waals surface area contributed by atoms with E-state index < -0.39 is 0 Å². The highest BCUT2D eigenvalue weighted by Gasteiger charge is 2.34. The van der Waals surface area contributed by atoms with Gasteiger partial charge in [0, 0.05) is 19.1 Å². The zero-order chi connectivity index (χ0) is 11.5. The maximum atomic E-state index is 12.4. The first-order valence-electron chi connectivity index (χ1n) is 6.71. The maximum Gasteiger partial charge on any atom is 0.227 e. The van der Waals surface area contributed by atoms with Crippen LogP contribution < -0.4 is 5.32 Å². The summed E-state index contributed by atoms with van der Waals surface area (Å²) in [4.78, 5) is 14.6. The molecule has 0 aromatic heterocycles. The molecule has 2 fully saturated rings. The van der Waals surface area contributed by atoms with Crippen molar-refractivity contribution in [1.29, 1.82) is 0 Å². The number of piperidine rings is 1. The second-order valence-corrected chi connectivity index (χ2v) is 5.53. The van der Waals surface area contributed by atoms with Crippen molar-refractivity contribution in [2.75, 3.05) is 19.6 Å². The van der Waals surface area contributed by atoms with Gasteiger partial charge in [0.15, 0.2) is 0 Å². The molecule has 2 heterocycles. The summed E-state index contributed by atoms with van der Waals surface area (Å²) in [5, 5.41) is 3.34. The minimum atomic E-state index is 0. The molecule has 1 unspecified atom stereocenters. The molecular weight excluding hydrogens is 236 g/mol. The highest BCUT2D eigenvalue weighted by Crippen LogP contribution is 2.26. The largest absolute Gasteiger partial charge is 0.339 e. The van der Waals surface area contributed by atoms with Crippen LogP contribution in [-0.4, -0.2) is 36.5 Å². The maximum absolute atomic E-state index is 12.4. The summed E-state index contributed by atoms with van der Waals surface area (Å²) in [7, 11) is 0. The predicted molar refractivity (Wildman–Crippen MR) is 72.4 cm³/mol. The summed E-state index contributed by atoms with van der Waals surface area (Å²) < 4.78 is 0. The van der Waals surface area contributed by atoms with Crippen molar-refractivity contribution in [3.63, 3.8) is 0 Å². The van der Waals surface area contributed by atoms with E-state index in [0.717, 1.165) is 32.5 Å². The molecule has 2 rings (SSSR count). The molecule has 17 heavy (non-hydrogen) atoms. The van der Waals surface area contributed by atoms with Gasteiger partial charge in [0.05, 0.1) is 5.92 Å². The third-order valence-electron chi connectivity index (χ3n) is 4.00. The number of nitrogens with one attached hydrogen (secondary N) is 1. The summed E-state index contributed by atoms with van der Waals surface area (Å²) in [5.41, 5.74) is 0. The van der Waals surface area contributed by atoms with Crippen LogP contribution in [0.1, 0.15) is 39.5 Å². The number of likely N-dealkylation sites (tertiary alicyclic amines) is 1. The molecule has 0 aromatic rings. The van der Waals surface area contributed by atoms with E-state index in [1.165, 1.54) is 12.8 Å². The molecule has 3 nitrogen and oxygen atoms in total. The minimum Gasteiger partial charge on any atom is -0.339 e. The van der Waals surface area contributed by atoms with Gasteiger partial charge in [0.1, 0.15) is 0 Å². The molecule has 4 heteroatoms. The molecule has 0 saturated carbocycles. The normalized spacial score (nSPS) is 29.2. The van der Waals surface area contributed by atoms with E-state index in [-0.39, 0.29) is 18.3 Å². The summed E-state index contributed by atoms with van der Waals surface area (Å²) in [5.74, 6) is 1.25. The van der Waals surface area contributed by atoms with E-state index in [1.807, 2.05) is 0 Å². The van der Waals surface area contributed by atoms with Crippen LogP contribution in [0.3, 0.4) is 0 Å². The molecule has 100 valence electrons. The molecule has 1 amide bonds. The first-order chi connectivity index (χ1) is 7.70. The number of carbonyl (C=O) groups is 1. The van der Waals surface area contributed by atoms with Gasteiger partial charge in [-0.3, -0.25) is 4.79 Å². The molecule has 2 atom stereocenters. The molecule has 0 aliphatic carbocycles. The fourth-order valence-electron chi connectivity index (χ4n) is 3.06. The summed E-state index contributed by atoms with van der Waals surface area (Å²) >= 11 is 0. The van der Waals surface area contributed by atoms with Crippen molar-refractivity contribution < 1.29 is 4.79 Å². The van der Waals surface area contributed by atoms with E-state index in [4.69, 9.17) is 0 Å². The smallest absolute Gasteiger partial charge is 0.227 e. The standard InChI is InChI=1S/C13H24N2O.ClH/c1-10(2)12-6-4-8-15(12)13(16)11-5-3-7-14-9-11;/h10-12,14H,3-9H2,1-2H3;1H/t11-,12?;/m1./s1. The van der Waals surface area contributed by atoms with Crippen molar-refractivity contribution in [2.45, 2.75) is 45.6 Å². The molecular formula is C13H25ClN2O. The molecule has 2 aliphatic rings. The Morgan fingerprint density at radius 1 is 1.29 bits per heavy atom. The summed E-state index contributed by atoms with van der Waals surface area (Å²) in [6, 6.07) is 0.495. The van der Waals surface area contributed by atoms with Crippen molar-refractivity contribution in [1.82, 2.24) is 10.2 Å². The number of hydrogen-bond donors (Lipinski definition) is 1.